The van der Waals surface area contributed by atoms with Crippen LogP contribution in [0.2, 0.25) is 0 Å². The van der Waals surface area contributed by atoms with Crippen molar-refractivity contribution in [1.29, 1.82) is 0 Å². The lowest BCUT2D eigenvalue weighted by Crippen LogP contribution is -2.06. The zero-order valence-electron chi connectivity index (χ0n) is 8.88. The van der Waals surface area contributed by atoms with Crippen molar-refractivity contribution in [3.05, 3.63) is 22.5 Å². The fourth-order valence-electron chi connectivity index (χ4n) is 1.23. The molecule has 7 heteroatoms. The first kappa shape index (κ1) is 11.0. The zero-order chi connectivity index (χ0) is 11.4. The maximum absolute atomic E-state index is 5.39. The highest BCUT2D eigenvalue weighted by Crippen LogP contribution is 2.19. The van der Waals surface area contributed by atoms with Gasteiger partial charge in [0.25, 0.3) is 0 Å². The zero-order valence-corrected chi connectivity index (χ0v) is 9.70. The first-order valence-electron chi connectivity index (χ1n) is 4.98. The van der Waals surface area contributed by atoms with Gasteiger partial charge in [-0.05, 0) is 6.92 Å². The molecule has 0 aliphatic rings. The molecule has 6 nitrogen and oxygen atoms in total. The van der Waals surface area contributed by atoms with E-state index in [1.165, 1.54) is 0 Å². The van der Waals surface area contributed by atoms with Crippen LogP contribution < -0.4 is 11.1 Å². The van der Waals surface area contributed by atoms with Crippen LogP contribution in [-0.4, -0.2) is 21.7 Å². The number of hydrogen-bond donors (Lipinski definition) is 2. The molecule has 0 aliphatic heterocycles. The van der Waals surface area contributed by atoms with Gasteiger partial charge in [-0.1, -0.05) is 5.10 Å². The Hall–Kier alpha value is -1.47. The minimum absolute atomic E-state index is 0.0613. The van der Waals surface area contributed by atoms with Crippen LogP contribution in [-0.2, 0) is 6.42 Å². The molecule has 3 N–H and O–H groups in total. The highest BCUT2D eigenvalue weighted by Gasteiger charge is 2.11. The van der Waals surface area contributed by atoms with Gasteiger partial charge in [0, 0.05) is 24.5 Å². The number of nitrogens with two attached hydrogens (primary N) is 1. The van der Waals surface area contributed by atoms with Crippen molar-refractivity contribution in [1.82, 2.24) is 15.2 Å². The summed E-state index contributed by atoms with van der Waals surface area (Å²) in [6, 6.07) is 0.470. The topological polar surface area (TPSA) is 89.9 Å². The molecule has 0 saturated carbocycles. The first-order chi connectivity index (χ1) is 7.79. The van der Waals surface area contributed by atoms with Gasteiger partial charge in [0.05, 0.1) is 6.04 Å². The Morgan fingerprint density at radius 3 is 3.12 bits per heavy atom. The molecule has 0 bridgehead atoms. The van der Waals surface area contributed by atoms with Crippen molar-refractivity contribution in [3.63, 3.8) is 0 Å². The van der Waals surface area contributed by atoms with Gasteiger partial charge in [-0.2, -0.15) is 0 Å². The Labute approximate surface area is 96.9 Å². The fourth-order valence-corrected chi connectivity index (χ4v) is 1.88. The predicted octanol–water partition coefficient (Wildman–Crippen LogP) is 1.20. The smallest absolute Gasteiger partial charge is 0.316 e. The van der Waals surface area contributed by atoms with E-state index in [9.17, 15) is 0 Å². The van der Waals surface area contributed by atoms with E-state index in [4.69, 9.17) is 10.2 Å². The van der Waals surface area contributed by atoms with Gasteiger partial charge in [0.2, 0.25) is 5.89 Å². The van der Waals surface area contributed by atoms with Crippen molar-refractivity contribution < 1.29 is 4.42 Å². The average molecular weight is 239 g/mol. The standard InChI is InChI=1S/C9H13N5OS/c1-6(8-11-4-5-16-8)12-9-14-13-7(15-9)2-3-10/h4-6H,2-3,10H2,1H3,(H,12,14). The summed E-state index contributed by atoms with van der Waals surface area (Å²) in [4.78, 5) is 4.20. The Kier molecular flexibility index (Phi) is 3.47. The average Bonchev–Trinajstić information content (AvgIpc) is 2.89. The van der Waals surface area contributed by atoms with E-state index in [-0.39, 0.29) is 6.04 Å². The van der Waals surface area contributed by atoms with Crippen LogP contribution in [0.1, 0.15) is 23.9 Å². The van der Waals surface area contributed by atoms with Crippen LogP contribution in [0.15, 0.2) is 16.0 Å². The van der Waals surface area contributed by atoms with Gasteiger partial charge in [0.15, 0.2) is 0 Å². The molecular weight excluding hydrogens is 226 g/mol. The molecule has 0 radical (unpaired) electrons. The van der Waals surface area contributed by atoms with Gasteiger partial charge < -0.3 is 15.5 Å². The molecule has 0 aromatic carbocycles. The number of nitrogens with one attached hydrogen (secondary N) is 1. The summed E-state index contributed by atoms with van der Waals surface area (Å²) in [5.41, 5.74) is 5.39. The lowest BCUT2D eigenvalue weighted by Gasteiger charge is -2.07. The number of nitrogens with zero attached hydrogens (tertiary/aromatic N) is 3. The molecule has 0 saturated heterocycles. The molecule has 2 aromatic heterocycles. The Morgan fingerprint density at radius 1 is 1.56 bits per heavy atom. The third kappa shape index (κ3) is 2.56. The van der Waals surface area contributed by atoms with Crippen LogP contribution in [0.3, 0.4) is 0 Å². The number of rotatable bonds is 5. The number of thiazole rings is 1. The van der Waals surface area contributed by atoms with Crippen molar-refractivity contribution in [2.75, 3.05) is 11.9 Å². The summed E-state index contributed by atoms with van der Waals surface area (Å²) in [7, 11) is 0. The van der Waals surface area contributed by atoms with Gasteiger partial charge in [0.1, 0.15) is 5.01 Å². The monoisotopic (exact) mass is 239 g/mol. The van der Waals surface area contributed by atoms with E-state index in [0.717, 1.165) is 5.01 Å². The summed E-state index contributed by atoms with van der Waals surface area (Å²) in [6.07, 6.45) is 2.37. The van der Waals surface area contributed by atoms with Crippen LogP contribution in [0.25, 0.3) is 0 Å². The Bertz CT molecular complexity index is 427. The molecule has 2 aromatic rings. The van der Waals surface area contributed by atoms with Crippen molar-refractivity contribution in [2.45, 2.75) is 19.4 Å². The predicted molar refractivity (Wildman–Crippen MR) is 61.2 cm³/mol. The summed E-state index contributed by atoms with van der Waals surface area (Å²) < 4.78 is 5.36. The summed E-state index contributed by atoms with van der Waals surface area (Å²) in [6.45, 7) is 2.50. The molecule has 0 spiro atoms. The second-order valence-corrected chi connectivity index (χ2v) is 4.20. The first-order valence-corrected chi connectivity index (χ1v) is 5.86. The molecular formula is C9H13N5OS. The highest BCUT2D eigenvalue weighted by atomic mass is 32.1. The SMILES string of the molecule is CC(Nc1nnc(CCN)o1)c1nccs1. The number of hydrogen-bond acceptors (Lipinski definition) is 7. The maximum Gasteiger partial charge on any atom is 0.316 e. The molecule has 86 valence electrons. The van der Waals surface area contributed by atoms with Gasteiger partial charge in [-0.15, -0.1) is 16.4 Å². The Morgan fingerprint density at radius 2 is 2.44 bits per heavy atom. The van der Waals surface area contributed by atoms with Gasteiger partial charge >= 0.3 is 6.01 Å². The largest absolute Gasteiger partial charge is 0.408 e. The molecule has 0 amide bonds. The van der Waals surface area contributed by atoms with Gasteiger partial charge in [-0.25, -0.2) is 4.98 Å². The second-order valence-electron chi connectivity index (χ2n) is 3.28. The van der Waals surface area contributed by atoms with E-state index in [2.05, 4.69) is 20.5 Å². The van der Waals surface area contributed by atoms with Crippen LogP contribution in [0, 0.1) is 0 Å². The van der Waals surface area contributed by atoms with Crippen molar-refractivity contribution in [3.8, 4) is 0 Å². The Balaban J connectivity index is 1.98. The molecule has 2 rings (SSSR count). The van der Waals surface area contributed by atoms with E-state index in [1.54, 1.807) is 17.5 Å². The van der Waals surface area contributed by atoms with E-state index in [1.807, 2.05) is 12.3 Å². The van der Waals surface area contributed by atoms with Crippen LogP contribution in [0.4, 0.5) is 6.01 Å². The highest BCUT2D eigenvalue weighted by molar-refractivity contribution is 7.09. The number of anilines is 1. The minimum Gasteiger partial charge on any atom is -0.408 e. The second kappa shape index (κ2) is 5.04. The summed E-state index contributed by atoms with van der Waals surface area (Å²) in [5.74, 6) is 0.552. The van der Waals surface area contributed by atoms with E-state index >= 15 is 0 Å². The van der Waals surface area contributed by atoms with Crippen molar-refractivity contribution >= 4 is 17.4 Å². The molecule has 16 heavy (non-hydrogen) atoms. The van der Waals surface area contributed by atoms with Crippen LogP contribution in [0.5, 0.6) is 0 Å². The quantitative estimate of drug-likeness (QED) is 0.814. The molecule has 1 unspecified atom stereocenters. The molecule has 1 atom stereocenters. The molecule has 2 heterocycles. The number of aromatic nitrogens is 3. The van der Waals surface area contributed by atoms with Gasteiger partial charge in [-0.3, -0.25) is 0 Å². The van der Waals surface area contributed by atoms with Crippen LogP contribution >= 0.6 is 11.3 Å². The van der Waals surface area contributed by atoms with E-state index < -0.39 is 0 Å². The normalized spacial score (nSPS) is 12.6. The summed E-state index contributed by atoms with van der Waals surface area (Å²) >= 11 is 1.58. The lowest BCUT2D eigenvalue weighted by atomic mass is 10.4. The fraction of sp³-hybridized carbons (Fsp3) is 0.444. The molecule has 0 aliphatic carbocycles. The van der Waals surface area contributed by atoms with Crippen molar-refractivity contribution in [2.24, 2.45) is 5.73 Å². The third-order valence-electron chi connectivity index (χ3n) is 1.99. The minimum atomic E-state index is 0.0613. The summed E-state index contributed by atoms with van der Waals surface area (Å²) in [5, 5.41) is 13.7. The third-order valence-corrected chi connectivity index (χ3v) is 2.95. The maximum atomic E-state index is 5.39. The molecule has 0 fully saturated rings. The van der Waals surface area contributed by atoms with E-state index in [0.29, 0.717) is 24.9 Å². The lowest BCUT2D eigenvalue weighted by molar-refractivity contribution is 0.501.